The van der Waals surface area contributed by atoms with Crippen LogP contribution in [-0.4, -0.2) is 57.4 Å². The molecule has 1 aliphatic heterocycles. The van der Waals surface area contributed by atoms with Gasteiger partial charge in [-0.25, -0.2) is 9.97 Å². The molecule has 1 fully saturated rings. The summed E-state index contributed by atoms with van der Waals surface area (Å²) in [7, 11) is 0. The predicted octanol–water partition coefficient (Wildman–Crippen LogP) is 3.05. The van der Waals surface area contributed by atoms with Gasteiger partial charge < -0.3 is 19.9 Å². The van der Waals surface area contributed by atoms with Gasteiger partial charge in [-0.2, -0.15) is 5.10 Å². The van der Waals surface area contributed by atoms with Gasteiger partial charge in [0.05, 0.1) is 25.1 Å². The summed E-state index contributed by atoms with van der Waals surface area (Å²) in [5, 5.41) is 10.7. The Morgan fingerprint density at radius 2 is 1.97 bits per heavy atom. The molecule has 0 unspecified atom stereocenters. The largest absolute Gasteiger partial charge is 0.378 e. The van der Waals surface area contributed by atoms with Crippen LogP contribution in [0, 0.1) is 13.8 Å². The number of aromatic amines is 2. The van der Waals surface area contributed by atoms with Gasteiger partial charge in [0.25, 0.3) is 5.91 Å². The Kier molecular flexibility index (Phi) is 4.87. The quantitative estimate of drug-likeness (QED) is 0.471. The molecular formula is C22H23N7O2. The van der Waals surface area contributed by atoms with Crippen LogP contribution in [0.5, 0.6) is 0 Å². The molecule has 0 bridgehead atoms. The van der Waals surface area contributed by atoms with E-state index in [-0.39, 0.29) is 5.91 Å². The average Bonchev–Trinajstić information content (AvgIpc) is 3.37. The van der Waals surface area contributed by atoms with Crippen LogP contribution >= 0.6 is 0 Å². The zero-order valence-electron chi connectivity index (χ0n) is 17.4. The topological polar surface area (TPSA) is 112 Å². The van der Waals surface area contributed by atoms with Crippen molar-refractivity contribution in [1.29, 1.82) is 0 Å². The molecule has 9 heteroatoms. The Balaban J connectivity index is 1.35. The average molecular weight is 417 g/mol. The molecule has 4 aromatic heterocycles. The second-order valence-corrected chi connectivity index (χ2v) is 7.63. The molecule has 4 aromatic rings. The number of amides is 1. The molecule has 0 saturated carbocycles. The number of pyridine rings is 2. The Hall–Kier alpha value is -3.72. The molecule has 3 N–H and O–H groups in total. The minimum absolute atomic E-state index is 0.262. The minimum Gasteiger partial charge on any atom is -0.378 e. The number of hydrogen-bond donors (Lipinski definition) is 3. The van der Waals surface area contributed by atoms with Crippen molar-refractivity contribution < 1.29 is 9.53 Å². The minimum atomic E-state index is -0.262. The highest BCUT2D eigenvalue weighted by atomic mass is 16.5. The highest BCUT2D eigenvalue weighted by Crippen LogP contribution is 2.26. The molecule has 158 valence electrons. The van der Waals surface area contributed by atoms with Crippen LogP contribution in [-0.2, 0) is 4.74 Å². The number of nitrogens with one attached hydrogen (secondary N) is 3. The number of nitrogens with zero attached hydrogens (tertiary/aromatic N) is 4. The van der Waals surface area contributed by atoms with Gasteiger partial charge in [0.2, 0.25) is 0 Å². The second kappa shape index (κ2) is 7.84. The van der Waals surface area contributed by atoms with Crippen LogP contribution in [0.15, 0.2) is 36.7 Å². The van der Waals surface area contributed by atoms with Crippen LogP contribution in [0.4, 0.5) is 11.5 Å². The van der Waals surface area contributed by atoms with E-state index in [0.29, 0.717) is 11.4 Å². The zero-order chi connectivity index (χ0) is 21.4. The lowest BCUT2D eigenvalue weighted by molar-refractivity contribution is 0.102. The highest BCUT2D eigenvalue weighted by Gasteiger charge is 2.16. The number of anilines is 2. The maximum absolute atomic E-state index is 12.5. The van der Waals surface area contributed by atoms with Crippen molar-refractivity contribution in [2.24, 2.45) is 0 Å². The van der Waals surface area contributed by atoms with Crippen molar-refractivity contribution in [2.45, 2.75) is 13.8 Å². The highest BCUT2D eigenvalue weighted by molar-refractivity contribution is 6.04. The first-order valence-electron chi connectivity index (χ1n) is 10.2. The number of aryl methyl sites for hydroxylation is 1. The Morgan fingerprint density at radius 1 is 1.13 bits per heavy atom. The molecule has 31 heavy (non-hydrogen) atoms. The van der Waals surface area contributed by atoms with Crippen molar-refractivity contribution in [3.63, 3.8) is 0 Å². The normalized spacial score (nSPS) is 14.2. The summed E-state index contributed by atoms with van der Waals surface area (Å²) >= 11 is 0. The number of H-pyrrole nitrogens is 2. The van der Waals surface area contributed by atoms with Crippen LogP contribution in [0.1, 0.15) is 21.7 Å². The Bertz CT molecular complexity index is 1240. The summed E-state index contributed by atoms with van der Waals surface area (Å²) in [5.74, 6) is 0.692. The lowest BCUT2D eigenvalue weighted by Crippen LogP contribution is -2.36. The molecular weight excluding hydrogens is 394 g/mol. The van der Waals surface area contributed by atoms with Crippen molar-refractivity contribution >= 4 is 28.4 Å². The summed E-state index contributed by atoms with van der Waals surface area (Å²) in [6, 6.07) is 7.98. The third-order valence-corrected chi connectivity index (χ3v) is 5.59. The van der Waals surface area contributed by atoms with E-state index < -0.39 is 0 Å². The lowest BCUT2D eigenvalue weighted by atomic mass is 10.2. The molecule has 1 aliphatic rings. The second-order valence-electron chi connectivity index (χ2n) is 7.63. The summed E-state index contributed by atoms with van der Waals surface area (Å²) in [5.41, 5.74) is 5.36. The number of aromatic nitrogens is 5. The molecule has 0 radical (unpaired) electrons. The fourth-order valence-electron chi connectivity index (χ4n) is 3.66. The maximum Gasteiger partial charge on any atom is 0.276 e. The van der Waals surface area contributed by atoms with Crippen molar-refractivity contribution in [2.75, 3.05) is 36.5 Å². The summed E-state index contributed by atoms with van der Waals surface area (Å²) < 4.78 is 5.40. The van der Waals surface area contributed by atoms with E-state index in [4.69, 9.17) is 4.74 Å². The number of rotatable bonds is 4. The summed E-state index contributed by atoms with van der Waals surface area (Å²) in [6.45, 7) is 6.93. The van der Waals surface area contributed by atoms with Gasteiger partial charge >= 0.3 is 0 Å². The smallest absolute Gasteiger partial charge is 0.276 e. The first-order chi connectivity index (χ1) is 15.1. The molecule has 0 aromatic carbocycles. The molecule has 0 atom stereocenters. The molecule has 0 aliphatic carbocycles. The molecule has 9 nitrogen and oxygen atoms in total. The van der Waals surface area contributed by atoms with E-state index in [0.717, 1.165) is 65.7 Å². The zero-order valence-corrected chi connectivity index (χ0v) is 17.4. The van der Waals surface area contributed by atoms with E-state index in [1.54, 1.807) is 6.20 Å². The van der Waals surface area contributed by atoms with Gasteiger partial charge in [0.15, 0.2) is 5.69 Å². The van der Waals surface area contributed by atoms with Crippen molar-refractivity contribution in [3.05, 3.63) is 53.6 Å². The maximum atomic E-state index is 12.5. The Labute approximate surface area is 178 Å². The number of hydrogen-bond acceptors (Lipinski definition) is 6. The van der Waals surface area contributed by atoms with E-state index in [1.807, 2.05) is 44.3 Å². The van der Waals surface area contributed by atoms with Crippen molar-refractivity contribution in [1.82, 2.24) is 25.1 Å². The first-order valence-corrected chi connectivity index (χ1v) is 10.2. The van der Waals surface area contributed by atoms with Gasteiger partial charge in [0, 0.05) is 47.2 Å². The monoisotopic (exact) mass is 417 g/mol. The number of fused-ring (bicyclic) bond motifs is 1. The van der Waals surface area contributed by atoms with Gasteiger partial charge in [-0.15, -0.1) is 0 Å². The predicted molar refractivity (Wildman–Crippen MR) is 118 cm³/mol. The van der Waals surface area contributed by atoms with E-state index >= 15 is 0 Å². The van der Waals surface area contributed by atoms with Crippen LogP contribution in [0.25, 0.3) is 22.3 Å². The number of ether oxygens (including phenoxy) is 1. The molecule has 0 spiro atoms. The third-order valence-electron chi connectivity index (χ3n) is 5.59. The molecule has 5 heterocycles. The van der Waals surface area contributed by atoms with Crippen LogP contribution < -0.4 is 10.2 Å². The standard InChI is InChI=1S/C22H23N7O2/c1-13-14(2)27-28-20(13)22(30)25-17-9-16-10-18(26-21(16)24-12-17)15-3-4-19(23-11-15)29-5-7-31-8-6-29/h3-4,9-12H,5-8H2,1-2H3,(H,24,26)(H,25,30)(H,27,28). The Morgan fingerprint density at radius 3 is 2.68 bits per heavy atom. The third kappa shape index (κ3) is 3.75. The fourth-order valence-corrected chi connectivity index (χ4v) is 3.66. The molecule has 1 saturated heterocycles. The number of morpholine rings is 1. The van der Waals surface area contributed by atoms with Gasteiger partial charge in [0.1, 0.15) is 11.5 Å². The molecule has 1 amide bonds. The van der Waals surface area contributed by atoms with Crippen LogP contribution in [0.2, 0.25) is 0 Å². The number of carbonyl (C=O) groups excluding carboxylic acids is 1. The van der Waals surface area contributed by atoms with Crippen LogP contribution in [0.3, 0.4) is 0 Å². The van der Waals surface area contributed by atoms with E-state index in [2.05, 4.69) is 35.4 Å². The summed E-state index contributed by atoms with van der Waals surface area (Å²) in [6.07, 6.45) is 3.50. The van der Waals surface area contributed by atoms with E-state index in [1.165, 1.54) is 0 Å². The van der Waals surface area contributed by atoms with Gasteiger partial charge in [-0.3, -0.25) is 9.89 Å². The lowest BCUT2D eigenvalue weighted by Gasteiger charge is -2.27. The van der Waals surface area contributed by atoms with Gasteiger partial charge in [-0.1, -0.05) is 0 Å². The van der Waals surface area contributed by atoms with Gasteiger partial charge in [-0.05, 0) is 38.1 Å². The summed E-state index contributed by atoms with van der Waals surface area (Å²) in [4.78, 5) is 27.1. The SMILES string of the molecule is Cc1[nH]nc(C(=O)Nc2cnc3[nH]c(-c4ccc(N5CCOCC5)nc4)cc3c2)c1C. The van der Waals surface area contributed by atoms with Crippen molar-refractivity contribution in [3.8, 4) is 11.3 Å². The first kappa shape index (κ1) is 19.3. The molecule has 5 rings (SSSR count). The van der Waals surface area contributed by atoms with E-state index in [9.17, 15) is 4.79 Å². The fraction of sp³-hybridized carbons (Fsp3) is 0.273. The number of carbonyl (C=O) groups is 1.